The van der Waals surface area contributed by atoms with Crippen LogP contribution in [0.3, 0.4) is 0 Å². The highest BCUT2D eigenvalue weighted by molar-refractivity contribution is 6.82. The van der Waals surface area contributed by atoms with Crippen molar-refractivity contribution in [1.82, 2.24) is 4.48 Å². The zero-order valence-corrected chi connectivity index (χ0v) is 16.1. The van der Waals surface area contributed by atoms with Crippen molar-refractivity contribution in [3.8, 4) is 11.3 Å². The lowest BCUT2D eigenvalue weighted by molar-refractivity contribution is -0.671. The normalized spacial score (nSPS) is 14.8. The molecule has 2 aromatic heterocycles. The third-order valence-electron chi connectivity index (χ3n) is 7.13. The fourth-order valence-electron chi connectivity index (χ4n) is 6.07. The number of para-hydroxylation sites is 2. The van der Waals surface area contributed by atoms with Gasteiger partial charge in [0.1, 0.15) is 5.69 Å². The summed E-state index contributed by atoms with van der Waals surface area (Å²) in [5, 5.41) is 2.70. The molecule has 3 nitrogen and oxygen atoms in total. The lowest BCUT2D eigenvalue weighted by atomic mass is 9.60. The maximum absolute atomic E-state index is 2.59. The van der Waals surface area contributed by atoms with Crippen molar-refractivity contribution in [3.63, 3.8) is 0 Å². The van der Waals surface area contributed by atoms with Crippen molar-refractivity contribution >= 4 is 45.6 Å². The highest BCUT2D eigenvalue weighted by Crippen LogP contribution is 2.50. The van der Waals surface area contributed by atoms with E-state index in [1.807, 2.05) is 0 Å². The van der Waals surface area contributed by atoms with Gasteiger partial charge in [0, 0.05) is 27.9 Å². The van der Waals surface area contributed by atoms with Gasteiger partial charge in [-0.1, -0.05) is 48.5 Å². The topological polar surface area (TPSA) is 12.1 Å². The Hall–Kier alpha value is -3.53. The largest absolute Gasteiger partial charge is 0.421 e. The number of pyridine rings is 1. The molecule has 0 saturated heterocycles. The van der Waals surface area contributed by atoms with E-state index in [2.05, 4.69) is 93.7 Å². The van der Waals surface area contributed by atoms with Crippen molar-refractivity contribution in [1.29, 1.82) is 0 Å². The lowest BCUT2D eigenvalue weighted by Gasteiger charge is -2.32. The third-order valence-corrected chi connectivity index (χ3v) is 7.13. The van der Waals surface area contributed by atoms with Crippen LogP contribution < -0.4 is 14.8 Å². The van der Waals surface area contributed by atoms with E-state index in [9.17, 15) is 0 Å². The van der Waals surface area contributed by atoms with E-state index >= 15 is 0 Å². The number of hydrogen-bond donors (Lipinski definition) is 0. The summed E-state index contributed by atoms with van der Waals surface area (Å²) in [6.07, 6.45) is 2.25. The summed E-state index contributed by atoms with van der Waals surface area (Å²) in [7, 11) is 0. The first-order valence-electron chi connectivity index (χ1n) is 10.3. The average molecular weight is 370 g/mol. The Labute approximate surface area is 168 Å². The second-order valence-corrected chi connectivity index (χ2v) is 8.51. The molecule has 0 radical (unpaired) electrons. The predicted octanol–water partition coefficient (Wildman–Crippen LogP) is 4.13. The highest BCUT2D eigenvalue weighted by Gasteiger charge is 2.50. The summed E-state index contributed by atoms with van der Waals surface area (Å²) in [6, 6.07) is 24.8. The minimum absolute atomic E-state index is 0.171. The Morgan fingerprint density at radius 1 is 0.897 bits per heavy atom. The third kappa shape index (κ3) is 1.45. The molecule has 0 fully saturated rings. The fourth-order valence-corrected chi connectivity index (χ4v) is 6.07. The van der Waals surface area contributed by atoms with Crippen molar-refractivity contribution in [2.24, 2.45) is 0 Å². The molecule has 5 aromatic rings. The van der Waals surface area contributed by atoms with E-state index in [1.54, 1.807) is 0 Å². The molecule has 3 aliphatic heterocycles. The minimum Gasteiger partial charge on any atom is -0.359 e. The predicted molar refractivity (Wildman–Crippen MR) is 118 cm³/mol. The summed E-state index contributed by atoms with van der Waals surface area (Å²) in [5.74, 6) is 0. The Bertz CT molecular complexity index is 1560. The van der Waals surface area contributed by atoms with Crippen molar-refractivity contribution in [2.75, 3.05) is 4.81 Å². The molecule has 0 amide bonds. The summed E-state index contributed by atoms with van der Waals surface area (Å²) < 4.78 is 5.01. The van der Waals surface area contributed by atoms with Gasteiger partial charge in [0.25, 0.3) is 0 Å². The number of nitrogens with zero attached hydrogens (tertiary/aromatic N) is 3. The molecule has 0 unspecified atom stereocenters. The van der Waals surface area contributed by atoms with Gasteiger partial charge in [0.2, 0.25) is 5.69 Å². The van der Waals surface area contributed by atoms with Crippen LogP contribution in [0.5, 0.6) is 0 Å². The Morgan fingerprint density at radius 3 is 2.72 bits per heavy atom. The molecule has 0 atom stereocenters. The minimum atomic E-state index is 0.171. The summed E-state index contributed by atoms with van der Waals surface area (Å²) in [6.45, 7) is 3.39. The number of benzene rings is 3. The van der Waals surface area contributed by atoms with Crippen LogP contribution in [0.4, 0.5) is 11.4 Å². The summed E-state index contributed by atoms with van der Waals surface area (Å²) >= 11 is 0. The number of aryl methyl sites for hydroxylation is 1. The van der Waals surface area contributed by atoms with Crippen LogP contribution in [0, 0.1) is 6.92 Å². The van der Waals surface area contributed by atoms with Gasteiger partial charge in [-0.15, -0.1) is 0 Å². The maximum Gasteiger partial charge on any atom is 0.421 e. The molecule has 4 heteroatoms. The second-order valence-electron chi connectivity index (χ2n) is 8.51. The van der Waals surface area contributed by atoms with Crippen molar-refractivity contribution in [2.45, 2.75) is 13.5 Å². The van der Waals surface area contributed by atoms with Gasteiger partial charge < -0.3 is 9.29 Å². The van der Waals surface area contributed by atoms with Crippen LogP contribution in [-0.4, -0.2) is 11.5 Å². The van der Waals surface area contributed by atoms with Gasteiger partial charge >= 0.3 is 6.98 Å². The molecule has 134 valence electrons. The summed E-state index contributed by atoms with van der Waals surface area (Å²) in [4.78, 5) is 2.59. The van der Waals surface area contributed by atoms with Gasteiger partial charge in [-0.05, 0) is 30.1 Å². The maximum atomic E-state index is 2.59. The molecule has 29 heavy (non-hydrogen) atoms. The molecule has 8 rings (SSSR count). The molecule has 0 spiro atoms. The van der Waals surface area contributed by atoms with Crippen LogP contribution in [0.1, 0.15) is 11.1 Å². The fraction of sp³-hybridized carbons (Fsp3) is 0.0800. The number of aromatic nitrogens is 2. The first-order chi connectivity index (χ1) is 14.3. The van der Waals surface area contributed by atoms with Gasteiger partial charge in [-0.3, -0.25) is 0 Å². The number of anilines is 2. The van der Waals surface area contributed by atoms with Gasteiger partial charge in [-0.25, -0.2) is 0 Å². The van der Waals surface area contributed by atoms with E-state index in [1.165, 1.54) is 61.0 Å². The Kier molecular flexibility index (Phi) is 2.27. The van der Waals surface area contributed by atoms with Crippen LogP contribution >= 0.6 is 0 Å². The van der Waals surface area contributed by atoms with Crippen LogP contribution in [-0.2, 0) is 6.54 Å². The Morgan fingerprint density at radius 2 is 1.76 bits per heavy atom. The van der Waals surface area contributed by atoms with Crippen molar-refractivity contribution < 1.29 is 4.57 Å². The van der Waals surface area contributed by atoms with Gasteiger partial charge in [0.05, 0.1) is 16.8 Å². The molecule has 5 heterocycles. The SMILES string of the molecule is Cc1cc[n+]2c3c1N1B(c4cccc(c4-3)C2)n2c3ccccc3c3cccc1c32. The number of fused-ring (bicyclic) bond motifs is 8. The van der Waals surface area contributed by atoms with Gasteiger partial charge in [-0.2, -0.15) is 4.57 Å². The lowest BCUT2D eigenvalue weighted by Crippen LogP contribution is -2.53. The molecule has 0 bridgehead atoms. The zero-order chi connectivity index (χ0) is 18.9. The van der Waals surface area contributed by atoms with E-state index in [0.717, 1.165) is 6.54 Å². The smallest absolute Gasteiger partial charge is 0.359 e. The van der Waals surface area contributed by atoms with E-state index < -0.39 is 0 Å². The monoisotopic (exact) mass is 370 g/mol. The van der Waals surface area contributed by atoms with E-state index in [0.29, 0.717) is 0 Å². The van der Waals surface area contributed by atoms with Crippen molar-refractivity contribution in [3.05, 3.63) is 84.1 Å². The average Bonchev–Trinajstić information content (AvgIpc) is 3.41. The van der Waals surface area contributed by atoms with Crippen LogP contribution in [0.15, 0.2) is 72.9 Å². The summed E-state index contributed by atoms with van der Waals surface area (Å²) in [5.41, 5.74) is 12.4. The number of rotatable bonds is 0. The first-order valence-corrected chi connectivity index (χ1v) is 10.3. The first kappa shape index (κ1) is 14.5. The van der Waals surface area contributed by atoms with E-state index in [-0.39, 0.29) is 6.98 Å². The molecule has 0 saturated carbocycles. The van der Waals surface area contributed by atoms with E-state index in [4.69, 9.17) is 0 Å². The second kappa shape index (κ2) is 4.55. The molecular weight excluding hydrogens is 353 g/mol. The molecule has 0 N–H and O–H groups in total. The molecule has 0 aliphatic carbocycles. The Balaban J connectivity index is 1.63. The quantitative estimate of drug-likeness (QED) is 0.289. The standard InChI is InChI=1S/C25H17BN3/c1-15-12-13-27-14-16-6-4-9-19-22(16)25(27)23(15)29-21-11-5-8-18-17-7-2-3-10-20(17)28(24(18)21)26(19)29/h2-13H,14H2,1H3/q+1. The van der Waals surface area contributed by atoms with Crippen LogP contribution in [0.2, 0.25) is 0 Å². The van der Waals surface area contributed by atoms with Gasteiger partial charge in [0.15, 0.2) is 12.7 Å². The number of hydrogen-bond acceptors (Lipinski definition) is 1. The molecule has 3 aromatic carbocycles. The molecule has 3 aliphatic rings. The highest BCUT2D eigenvalue weighted by atomic mass is 15.2. The van der Waals surface area contributed by atoms with Crippen LogP contribution in [0.25, 0.3) is 33.1 Å². The molecular formula is C25H17BN3+. The zero-order valence-electron chi connectivity index (χ0n) is 16.1.